The Morgan fingerprint density at radius 2 is 2.16 bits per heavy atom. The second kappa shape index (κ2) is 11.3. The number of hydrogen-bond donors (Lipinski definition) is 3. The molecule has 0 bridgehead atoms. The highest BCUT2D eigenvalue weighted by atomic mass is 19.1. The van der Waals surface area contributed by atoms with Crippen molar-refractivity contribution in [1.82, 2.24) is 14.9 Å². The summed E-state index contributed by atoms with van der Waals surface area (Å²) in [4.78, 5) is 25.6. The predicted molar refractivity (Wildman–Crippen MR) is 149 cm³/mol. The van der Waals surface area contributed by atoms with Crippen molar-refractivity contribution in [3.8, 4) is 0 Å². The lowest BCUT2D eigenvalue weighted by molar-refractivity contribution is -0.110. The lowest BCUT2D eigenvalue weighted by atomic mass is 9.94. The van der Waals surface area contributed by atoms with Crippen LogP contribution in [0.15, 0.2) is 61.1 Å². The van der Waals surface area contributed by atoms with Gasteiger partial charge in [0.1, 0.15) is 5.83 Å². The molecule has 1 amide bonds. The highest BCUT2D eigenvalue weighted by molar-refractivity contribution is 6.31. The highest BCUT2D eigenvalue weighted by Crippen LogP contribution is 2.34. The number of hydrogen-bond acceptors (Lipinski definition) is 7. The molecule has 1 saturated heterocycles. The van der Waals surface area contributed by atoms with Gasteiger partial charge in [0.05, 0.1) is 23.3 Å². The van der Waals surface area contributed by atoms with Gasteiger partial charge < -0.3 is 25.8 Å². The van der Waals surface area contributed by atoms with Crippen molar-refractivity contribution in [1.29, 1.82) is 5.41 Å². The van der Waals surface area contributed by atoms with Crippen LogP contribution in [0.3, 0.4) is 0 Å². The van der Waals surface area contributed by atoms with Crippen molar-refractivity contribution in [2.75, 3.05) is 42.7 Å². The largest absolute Gasteiger partial charge is 0.368 e. The summed E-state index contributed by atoms with van der Waals surface area (Å²) in [7, 11) is 4.13. The van der Waals surface area contributed by atoms with Gasteiger partial charge in [0.2, 0.25) is 5.95 Å². The second-order valence-corrected chi connectivity index (χ2v) is 9.32. The number of carbonyl (C=O) groups excluding carboxylic acids is 1. The van der Waals surface area contributed by atoms with Crippen molar-refractivity contribution >= 4 is 46.8 Å². The molecule has 1 aromatic heterocycles. The first-order chi connectivity index (χ1) is 17.8. The van der Waals surface area contributed by atoms with E-state index in [1.165, 1.54) is 6.08 Å². The summed E-state index contributed by atoms with van der Waals surface area (Å²) in [6.45, 7) is 9.72. The lowest BCUT2D eigenvalue weighted by Crippen LogP contribution is -2.31. The van der Waals surface area contributed by atoms with Crippen LogP contribution in [-0.2, 0) is 4.79 Å². The van der Waals surface area contributed by atoms with E-state index in [9.17, 15) is 9.18 Å². The van der Waals surface area contributed by atoms with Gasteiger partial charge in [-0.05, 0) is 74.9 Å². The van der Waals surface area contributed by atoms with Crippen molar-refractivity contribution in [2.24, 2.45) is 0 Å². The van der Waals surface area contributed by atoms with Crippen LogP contribution in [0.25, 0.3) is 11.6 Å². The zero-order chi connectivity index (χ0) is 26.5. The van der Waals surface area contributed by atoms with Crippen molar-refractivity contribution in [2.45, 2.75) is 25.3 Å². The number of anilines is 4. The van der Waals surface area contributed by atoms with Gasteiger partial charge in [-0.3, -0.25) is 4.79 Å². The SMILES string of the molecule is C=Cc1cnc(Nc2ccc(N3CCC(N(C)C)C3)c(NC(=O)C=N)c2)nc1C(=C)C1=CC(F)=CCC1. The molecule has 37 heavy (non-hydrogen) atoms. The molecule has 1 aromatic carbocycles. The zero-order valence-electron chi connectivity index (χ0n) is 21.2. The molecule has 4 rings (SSSR count). The molecule has 1 fully saturated rings. The molecule has 2 heterocycles. The maximum Gasteiger partial charge on any atom is 0.266 e. The van der Waals surface area contributed by atoms with Gasteiger partial charge in [0.15, 0.2) is 0 Å². The van der Waals surface area contributed by atoms with Gasteiger partial charge in [0.25, 0.3) is 5.91 Å². The van der Waals surface area contributed by atoms with Crippen LogP contribution >= 0.6 is 0 Å². The molecular weight excluding hydrogens is 469 g/mol. The molecule has 0 radical (unpaired) electrons. The number of nitrogens with one attached hydrogen (secondary N) is 3. The first-order valence-electron chi connectivity index (χ1n) is 12.2. The third-order valence-corrected chi connectivity index (χ3v) is 6.65. The summed E-state index contributed by atoms with van der Waals surface area (Å²) in [5.41, 5.74) is 4.85. The Morgan fingerprint density at radius 3 is 2.84 bits per heavy atom. The number of amides is 1. The Labute approximate surface area is 216 Å². The van der Waals surface area contributed by atoms with Crippen molar-refractivity contribution in [3.05, 3.63) is 72.4 Å². The second-order valence-electron chi connectivity index (χ2n) is 9.32. The molecule has 192 valence electrons. The molecular formula is C28H32FN7O. The van der Waals surface area contributed by atoms with E-state index < -0.39 is 5.91 Å². The van der Waals surface area contributed by atoms with Gasteiger partial charge in [0, 0.05) is 36.6 Å². The Kier molecular flexibility index (Phi) is 7.93. The summed E-state index contributed by atoms with van der Waals surface area (Å²) in [6.07, 6.45) is 9.41. The third-order valence-electron chi connectivity index (χ3n) is 6.65. The summed E-state index contributed by atoms with van der Waals surface area (Å²) >= 11 is 0. The Hall–Kier alpha value is -4.11. The van der Waals surface area contributed by atoms with E-state index in [1.807, 2.05) is 18.2 Å². The molecule has 0 spiro atoms. The Bertz CT molecular complexity index is 1300. The number of rotatable bonds is 9. The van der Waals surface area contributed by atoms with Gasteiger partial charge in [-0.1, -0.05) is 19.2 Å². The minimum absolute atomic E-state index is 0.274. The standard InChI is InChI=1S/C28H32FN7O/c1-5-19-16-31-28(34-27(19)18(2)20-7-6-8-21(29)13-20)32-22-9-10-25(24(14-22)33-26(37)15-30)36-12-11-23(17-36)35(3)4/h5,8-10,13-16,23,30H,1-2,6-7,11-12,17H2,3-4H3,(H,33,37)(H,31,32,34). The molecule has 1 unspecified atom stereocenters. The summed E-state index contributed by atoms with van der Waals surface area (Å²) in [5, 5.41) is 13.3. The van der Waals surface area contributed by atoms with E-state index >= 15 is 0 Å². The fourth-order valence-corrected chi connectivity index (χ4v) is 4.57. The Morgan fingerprint density at radius 1 is 1.35 bits per heavy atom. The average Bonchev–Trinajstić information content (AvgIpc) is 3.39. The number of nitrogens with zero attached hydrogens (tertiary/aromatic N) is 4. The first-order valence-corrected chi connectivity index (χ1v) is 12.2. The smallest absolute Gasteiger partial charge is 0.266 e. The third kappa shape index (κ3) is 6.00. The number of benzene rings is 1. The van der Waals surface area contributed by atoms with E-state index in [1.54, 1.807) is 18.3 Å². The molecule has 8 nitrogen and oxygen atoms in total. The molecule has 9 heteroatoms. The molecule has 3 N–H and O–H groups in total. The van der Waals surface area contributed by atoms with Gasteiger partial charge >= 0.3 is 0 Å². The number of aromatic nitrogens is 2. The van der Waals surface area contributed by atoms with Crippen LogP contribution < -0.4 is 15.5 Å². The monoisotopic (exact) mass is 501 g/mol. The topological polar surface area (TPSA) is 97.2 Å². The van der Waals surface area contributed by atoms with Crippen LogP contribution in [0.1, 0.15) is 30.5 Å². The summed E-state index contributed by atoms with van der Waals surface area (Å²) in [6, 6.07) is 6.08. The minimum atomic E-state index is -0.506. The molecule has 1 aliphatic heterocycles. The molecule has 1 atom stereocenters. The van der Waals surface area contributed by atoms with E-state index in [2.05, 4.69) is 57.7 Å². The number of likely N-dealkylation sites (N-methyl/N-ethyl adjacent to an activating group) is 1. The van der Waals surface area contributed by atoms with Crippen LogP contribution in [0.4, 0.5) is 27.4 Å². The minimum Gasteiger partial charge on any atom is -0.368 e. The van der Waals surface area contributed by atoms with E-state index in [4.69, 9.17) is 5.41 Å². The van der Waals surface area contributed by atoms with Crippen LogP contribution in [0.5, 0.6) is 0 Å². The van der Waals surface area contributed by atoms with Crippen molar-refractivity contribution in [3.63, 3.8) is 0 Å². The molecule has 2 aliphatic rings. The fraction of sp³-hybridized carbons (Fsp3) is 0.286. The average molecular weight is 502 g/mol. The zero-order valence-corrected chi connectivity index (χ0v) is 21.2. The fourth-order valence-electron chi connectivity index (χ4n) is 4.57. The highest BCUT2D eigenvalue weighted by Gasteiger charge is 2.26. The van der Waals surface area contributed by atoms with Crippen LogP contribution in [-0.4, -0.2) is 60.2 Å². The summed E-state index contributed by atoms with van der Waals surface area (Å²) in [5.74, 6) is -0.446. The van der Waals surface area contributed by atoms with Gasteiger partial charge in [-0.25, -0.2) is 14.4 Å². The van der Waals surface area contributed by atoms with Crippen molar-refractivity contribution < 1.29 is 9.18 Å². The van der Waals surface area contributed by atoms with Gasteiger partial charge in [-0.15, -0.1) is 0 Å². The van der Waals surface area contributed by atoms with E-state index in [0.29, 0.717) is 53.0 Å². The predicted octanol–water partition coefficient (Wildman–Crippen LogP) is 5.18. The molecule has 1 aliphatic carbocycles. The number of allylic oxidation sites excluding steroid dienone is 5. The maximum absolute atomic E-state index is 13.8. The Balaban J connectivity index is 1.62. The quantitative estimate of drug-likeness (QED) is 0.410. The number of carbonyl (C=O) groups is 1. The normalized spacial score (nSPS) is 17.2. The number of halogens is 1. The molecule has 2 aromatic rings. The summed E-state index contributed by atoms with van der Waals surface area (Å²) < 4.78 is 13.8. The lowest BCUT2D eigenvalue weighted by Gasteiger charge is -2.24. The first kappa shape index (κ1) is 26.0. The van der Waals surface area contributed by atoms with E-state index in [0.717, 1.165) is 37.0 Å². The molecule has 0 saturated carbocycles. The van der Waals surface area contributed by atoms with Crippen LogP contribution in [0, 0.1) is 5.41 Å². The van der Waals surface area contributed by atoms with Crippen LogP contribution in [0.2, 0.25) is 0 Å². The van der Waals surface area contributed by atoms with E-state index in [-0.39, 0.29) is 5.83 Å². The maximum atomic E-state index is 13.8. The van der Waals surface area contributed by atoms with Gasteiger partial charge in [-0.2, -0.15) is 0 Å².